The lowest BCUT2D eigenvalue weighted by molar-refractivity contribution is 0.356. The molecule has 1 N–H and O–H groups in total. The van der Waals surface area contributed by atoms with Gasteiger partial charge in [0, 0.05) is 19.0 Å². The van der Waals surface area contributed by atoms with E-state index in [1.807, 2.05) is 13.0 Å². The maximum atomic E-state index is 12.1. The van der Waals surface area contributed by atoms with E-state index in [0.717, 1.165) is 11.1 Å². The smallest absolute Gasteiger partial charge is 0.280 e. The summed E-state index contributed by atoms with van der Waals surface area (Å²) in [7, 11) is 1.60. The number of aromatic nitrogens is 3. The molecule has 2 heterocycles. The molecule has 3 rings (SSSR count). The highest BCUT2D eigenvalue weighted by molar-refractivity contribution is 5.74. The third-order valence-corrected chi connectivity index (χ3v) is 3.31. The zero-order chi connectivity index (χ0) is 13.6. The maximum Gasteiger partial charge on any atom is 0.280 e. The first-order chi connectivity index (χ1) is 9.09. The van der Waals surface area contributed by atoms with Gasteiger partial charge in [-0.3, -0.25) is 9.36 Å². The lowest BCUT2D eigenvalue weighted by atomic mass is 9.99. The van der Waals surface area contributed by atoms with Gasteiger partial charge in [-0.05, 0) is 18.6 Å². The topological polar surface area (TPSA) is 77.2 Å². The molecule has 1 aromatic heterocycles. The second kappa shape index (κ2) is 4.08. The SMILES string of the molecule is Cc1cc2c(c(O)c1-c1nncn(C)c1=O)CCO2. The Kier molecular flexibility index (Phi) is 2.51. The Bertz CT molecular complexity index is 722. The van der Waals surface area contributed by atoms with E-state index in [9.17, 15) is 9.90 Å². The lowest BCUT2D eigenvalue weighted by Crippen LogP contribution is -2.21. The van der Waals surface area contributed by atoms with Crippen LogP contribution in [0.2, 0.25) is 0 Å². The predicted molar refractivity (Wildman–Crippen MR) is 68.3 cm³/mol. The summed E-state index contributed by atoms with van der Waals surface area (Å²) in [6.45, 7) is 2.36. The minimum absolute atomic E-state index is 0.0742. The number of benzene rings is 1. The van der Waals surface area contributed by atoms with Crippen LogP contribution < -0.4 is 10.3 Å². The number of ether oxygens (including phenoxy) is 1. The molecule has 0 unspecified atom stereocenters. The van der Waals surface area contributed by atoms with Crippen LogP contribution in [0.1, 0.15) is 11.1 Å². The summed E-state index contributed by atoms with van der Waals surface area (Å²) < 4.78 is 6.76. The van der Waals surface area contributed by atoms with Gasteiger partial charge in [-0.1, -0.05) is 0 Å². The third-order valence-electron chi connectivity index (χ3n) is 3.31. The van der Waals surface area contributed by atoms with Crippen LogP contribution in [-0.4, -0.2) is 26.5 Å². The summed E-state index contributed by atoms with van der Waals surface area (Å²) in [5, 5.41) is 18.0. The van der Waals surface area contributed by atoms with Gasteiger partial charge in [0.2, 0.25) is 0 Å². The second-order valence-electron chi connectivity index (χ2n) is 4.59. The van der Waals surface area contributed by atoms with Gasteiger partial charge in [0.1, 0.15) is 17.8 Å². The molecule has 1 aliphatic heterocycles. The number of hydrogen-bond acceptors (Lipinski definition) is 5. The Morgan fingerprint density at radius 3 is 3.05 bits per heavy atom. The van der Waals surface area contributed by atoms with Gasteiger partial charge < -0.3 is 9.84 Å². The molecule has 0 saturated carbocycles. The van der Waals surface area contributed by atoms with Gasteiger partial charge in [0.25, 0.3) is 5.56 Å². The van der Waals surface area contributed by atoms with E-state index in [1.165, 1.54) is 10.9 Å². The van der Waals surface area contributed by atoms with Gasteiger partial charge >= 0.3 is 0 Å². The number of fused-ring (bicyclic) bond motifs is 1. The maximum absolute atomic E-state index is 12.1. The van der Waals surface area contributed by atoms with E-state index in [0.29, 0.717) is 24.3 Å². The van der Waals surface area contributed by atoms with Gasteiger partial charge in [-0.25, -0.2) is 0 Å². The van der Waals surface area contributed by atoms with E-state index in [2.05, 4.69) is 10.2 Å². The third kappa shape index (κ3) is 1.68. The van der Waals surface area contributed by atoms with Gasteiger partial charge in [0.15, 0.2) is 5.69 Å². The number of phenolic OH excluding ortho intramolecular Hbond substituents is 1. The van der Waals surface area contributed by atoms with Crippen molar-refractivity contribution in [3.8, 4) is 22.8 Å². The first kappa shape index (κ1) is 11.7. The molecule has 98 valence electrons. The first-order valence-corrected chi connectivity index (χ1v) is 5.96. The average Bonchev–Trinajstić information content (AvgIpc) is 2.82. The lowest BCUT2D eigenvalue weighted by Gasteiger charge is -2.11. The minimum Gasteiger partial charge on any atom is -0.507 e. The van der Waals surface area contributed by atoms with Crippen molar-refractivity contribution in [3.05, 3.63) is 33.9 Å². The first-order valence-electron chi connectivity index (χ1n) is 5.96. The summed E-state index contributed by atoms with van der Waals surface area (Å²) in [5.41, 5.74) is 1.80. The van der Waals surface area contributed by atoms with E-state index < -0.39 is 0 Å². The standard InChI is InChI=1S/C13H13N3O3/c1-7-5-9-8(3-4-19-9)12(17)10(7)11-13(18)16(2)6-14-15-11/h5-6,17H,3-4H2,1-2H3. The van der Waals surface area contributed by atoms with Crippen molar-refractivity contribution in [2.24, 2.45) is 7.05 Å². The van der Waals surface area contributed by atoms with Gasteiger partial charge in [-0.2, -0.15) is 0 Å². The Labute approximate surface area is 109 Å². The largest absolute Gasteiger partial charge is 0.507 e. The normalized spacial score (nSPS) is 13.2. The minimum atomic E-state index is -0.285. The molecule has 6 nitrogen and oxygen atoms in total. The quantitative estimate of drug-likeness (QED) is 0.819. The summed E-state index contributed by atoms with van der Waals surface area (Å²) in [5.74, 6) is 0.754. The summed E-state index contributed by atoms with van der Waals surface area (Å²) in [4.78, 5) is 12.1. The Balaban J connectivity index is 2.32. The Morgan fingerprint density at radius 2 is 2.26 bits per heavy atom. The van der Waals surface area contributed by atoms with Crippen molar-refractivity contribution in [3.63, 3.8) is 0 Å². The van der Waals surface area contributed by atoms with Crippen molar-refractivity contribution in [2.75, 3.05) is 6.61 Å². The summed E-state index contributed by atoms with van der Waals surface area (Å²) in [6, 6.07) is 1.82. The molecule has 0 radical (unpaired) electrons. The Hall–Kier alpha value is -2.37. The van der Waals surface area contributed by atoms with Crippen LogP contribution in [0.25, 0.3) is 11.3 Å². The van der Waals surface area contributed by atoms with Crippen LogP contribution in [0.15, 0.2) is 17.2 Å². The second-order valence-corrected chi connectivity index (χ2v) is 4.59. The van der Waals surface area contributed by atoms with Crippen LogP contribution in [0.3, 0.4) is 0 Å². The number of rotatable bonds is 1. The fourth-order valence-electron chi connectivity index (χ4n) is 2.32. The molecule has 19 heavy (non-hydrogen) atoms. The van der Waals surface area contributed by atoms with Crippen LogP contribution in [0.4, 0.5) is 0 Å². The van der Waals surface area contributed by atoms with E-state index >= 15 is 0 Å². The van der Waals surface area contributed by atoms with Crippen molar-refractivity contribution in [2.45, 2.75) is 13.3 Å². The van der Waals surface area contributed by atoms with E-state index in [1.54, 1.807) is 7.05 Å². The van der Waals surface area contributed by atoms with Crippen LogP contribution in [0.5, 0.6) is 11.5 Å². The van der Waals surface area contributed by atoms with Crippen molar-refractivity contribution < 1.29 is 9.84 Å². The molecule has 0 spiro atoms. The number of hydrogen-bond donors (Lipinski definition) is 1. The van der Waals surface area contributed by atoms with Crippen LogP contribution >= 0.6 is 0 Å². The summed E-state index contributed by atoms with van der Waals surface area (Å²) in [6.07, 6.45) is 1.98. The zero-order valence-corrected chi connectivity index (χ0v) is 10.7. The van der Waals surface area contributed by atoms with Gasteiger partial charge in [0.05, 0.1) is 12.2 Å². The molecule has 0 saturated heterocycles. The molecule has 6 heteroatoms. The predicted octanol–water partition coefficient (Wildman–Crippen LogP) is 0.791. The van der Waals surface area contributed by atoms with Crippen LogP contribution in [0, 0.1) is 6.92 Å². The molecule has 2 aromatic rings. The fraction of sp³-hybridized carbons (Fsp3) is 0.308. The monoisotopic (exact) mass is 259 g/mol. The van der Waals surface area contributed by atoms with E-state index in [4.69, 9.17) is 4.74 Å². The highest BCUT2D eigenvalue weighted by atomic mass is 16.5. The zero-order valence-electron chi connectivity index (χ0n) is 10.7. The number of aromatic hydroxyl groups is 1. The molecule has 1 aromatic carbocycles. The van der Waals surface area contributed by atoms with Crippen molar-refractivity contribution >= 4 is 0 Å². The molecule has 0 fully saturated rings. The Morgan fingerprint density at radius 1 is 1.47 bits per heavy atom. The molecular formula is C13H13N3O3. The van der Waals surface area contributed by atoms with Crippen molar-refractivity contribution in [1.82, 2.24) is 14.8 Å². The highest BCUT2D eigenvalue weighted by Gasteiger charge is 2.24. The molecule has 0 bridgehead atoms. The number of aryl methyl sites for hydroxylation is 2. The average molecular weight is 259 g/mol. The number of nitrogens with zero attached hydrogens (tertiary/aromatic N) is 3. The van der Waals surface area contributed by atoms with Gasteiger partial charge in [-0.15, -0.1) is 10.2 Å². The molecule has 0 atom stereocenters. The van der Waals surface area contributed by atoms with Crippen molar-refractivity contribution in [1.29, 1.82) is 0 Å². The fourth-order valence-corrected chi connectivity index (χ4v) is 2.32. The molecular weight excluding hydrogens is 246 g/mol. The molecule has 1 aliphatic rings. The highest BCUT2D eigenvalue weighted by Crippen LogP contribution is 2.41. The molecule has 0 aliphatic carbocycles. The van der Waals surface area contributed by atoms with E-state index in [-0.39, 0.29) is 17.0 Å². The summed E-state index contributed by atoms with van der Waals surface area (Å²) >= 11 is 0. The molecule has 0 amide bonds. The number of phenols is 1. The van der Waals surface area contributed by atoms with Crippen LogP contribution in [-0.2, 0) is 13.5 Å².